The van der Waals surface area contributed by atoms with Crippen LogP contribution in [-0.2, 0) is 0 Å². The monoisotopic (exact) mass is 180 g/mol. The largest absolute Gasteiger partial charge is 0.479 e. The highest BCUT2D eigenvalue weighted by molar-refractivity contribution is 5.84. The molecule has 1 aromatic rings. The van der Waals surface area contributed by atoms with Gasteiger partial charge in [0.2, 0.25) is 5.88 Å². The van der Waals surface area contributed by atoms with Gasteiger partial charge in [-0.2, -0.15) is 4.98 Å². The SMILES string of the molecule is CNc1c(C=N)nc(C)nc1OC. The third-order valence-electron chi connectivity index (χ3n) is 1.60. The van der Waals surface area contributed by atoms with Crippen LogP contribution in [0.4, 0.5) is 5.69 Å². The summed E-state index contributed by atoms with van der Waals surface area (Å²) in [6, 6.07) is 0. The zero-order valence-corrected chi connectivity index (χ0v) is 7.88. The van der Waals surface area contributed by atoms with Crippen LogP contribution in [0.25, 0.3) is 0 Å². The van der Waals surface area contributed by atoms with Gasteiger partial charge < -0.3 is 15.5 Å². The molecule has 0 aromatic carbocycles. The number of hydrogen-bond donors (Lipinski definition) is 2. The van der Waals surface area contributed by atoms with Gasteiger partial charge in [-0.25, -0.2) is 4.98 Å². The van der Waals surface area contributed by atoms with Gasteiger partial charge in [-0.15, -0.1) is 0 Å². The lowest BCUT2D eigenvalue weighted by Gasteiger charge is -2.09. The van der Waals surface area contributed by atoms with Gasteiger partial charge in [0, 0.05) is 13.3 Å². The minimum atomic E-state index is 0.466. The van der Waals surface area contributed by atoms with Gasteiger partial charge in [0.05, 0.1) is 7.11 Å². The molecule has 1 heterocycles. The summed E-state index contributed by atoms with van der Waals surface area (Å²) in [5, 5.41) is 10.0. The molecule has 0 aliphatic rings. The van der Waals surface area contributed by atoms with Crippen LogP contribution in [0.3, 0.4) is 0 Å². The zero-order valence-electron chi connectivity index (χ0n) is 7.88. The molecule has 0 saturated heterocycles. The van der Waals surface area contributed by atoms with Crippen LogP contribution in [-0.4, -0.2) is 30.3 Å². The maximum Gasteiger partial charge on any atom is 0.241 e. The normalized spacial score (nSPS) is 9.46. The summed E-state index contributed by atoms with van der Waals surface area (Å²) in [6.45, 7) is 1.76. The lowest BCUT2D eigenvalue weighted by atomic mass is 10.3. The van der Waals surface area contributed by atoms with E-state index in [1.807, 2.05) is 0 Å². The number of anilines is 1. The first-order valence-corrected chi connectivity index (χ1v) is 3.83. The van der Waals surface area contributed by atoms with Crippen molar-refractivity contribution in [2.45, 2.75) is 6.92 Å². The van der Waals surface area contributed by atoms with Crippen molar-refractivity contribution in [1.82, 2.24) is 9.97 Å². The van der Waals surface area contributed by atoms with Gasteiger partial charge in [-0.3, -0.25) is 0 Å². The van der Waals surface area contributed by atoms with Crippen LogP contribution in [0.15, 0.2) is 0 Å². The second-order valence-corrected chi connectivity index (χ2v) is 2.43. The first-order valence-electron chi connectivity index (χ1n) is 3.83. The van der Waals surface area contributed by atoms with E-state index in [4.69, 9.17) is 10.1 Å². The molecular formula is C8H12N4O. The fraction of sp³-hybridized carbons (Fsp3) is 0.375. The molecule has 0 fully saturated rings. The Hall–Kier alpha value is -1.65. The topological polar surface area (TPSA) is 70.9 Å². The van der Waals surface area contributed by atoms with Crippen LogP contribution < -0.4 is 10.1 Å². The van der Waals surface area contributed by atoms with Gasteiger partial charge in [0.1, 0.15) is 17.2 Å². The number of nitrogens with one attached hydrogen (secondary N) is 2. The molecule has 0 unspecified atom stereocenters. The van der Waals surface area contributed by atoms with Crippen LogP contribution >= 0.6 is 0 Å². The minimum Gasteiger partial charge on any atom is -0.479 e. The highest BCUT2D eigenvalue weighted by Gasteiger charge is 2.09. The Morgan fingerprint density at radius 3 is 2.62 bits per heavy atom. The molecule has 0 radical (unpaired) electrons. The minimum absolute atomic E-state index is 0.466. The number of aryl methyl sites for hydroxylation is 1. The van der Waals surface area contributed by atoms with Crippen LogP contribution in [0, 0.1) is 12.3 Å². The Kier molecular flexibility index (Phi) is 2.79. The van der Waals surface area contributed by atoms with Crippen LogP contribution in [0.5, 0.6) is 5.88 Å². The molecule has 70 valence electrons. The predicted octanol–water partition coefficient (Wildman–Crippen LogP) is 0.833. The Morgan fingerprint density at radius 2 is 2.15 bits per heavy atom. The van der Waals surface area contributed by atoms with E-state index in [9.17, 15) is 0 Å². The Morgan fingerprint density at radius 1 is 1.46 bits per heavy atom. The second-order valence-electron chi connectivity index (χ2n) is 2.43. The van der Waals surface area contributed by atoms with Crippen molar-refractivity contribution in [2.24, 2.45) is 0 Å². The predicted molar refractivity (Wildman–Crippen MR) is 50.8 cm³/mol. The van der Waals surface area contributed by atoms with E-state index in [0.29, 0.717) is 23.1 Å². The van der Waals surface area contributed by atoms with Gasteiger partial charge in [-0.05, 0) is 6.92 Å². The molecule has 2 N–H and O–H groups in total. The molecule has 5 nitrogen and oxygen atoms in total. The Balaban J connectivity index is 3.33. The quantitative estimate of drug-likeness (QED) is 0.676. The lowest BCUT2D eigenvalue weighted by molar-refractivity contribution is 0.397. The first-order chi connectivity index (χ1) is 6.22. The molecule has 5 heteroatoms. The summed E-state index contributed by atoms with van der Waals surface area (Å²) < 4.78 is 5.04. The van der Waals surface area contributed by atoms with E-state index in [0.717, 1.165) is 0 Å². The summed E-state index contributed by atoms with van der Waals surface area (Å²) in [5.74, 6) is 1.06. The molecule has 0 atom stereocenters. The number of aromatic nitrogens is 2. The molecular weight excluding hydrogens is 168 g/mol. The fourth-order valence-corrected chi connectivity index (χ4v) is 1.05. The summed E-state index contributed by atoms with van der Waals surface area (Å²) in [7, 11) is 3.28. The van der Waals surface area contributed by atoms with Crippen molar-refractivity contribution in [3.63, 3.8) is 0 Å². The number of ether oxygens (including phenoxy) is 1. The van der Waals surface area contributed by atoms with Crippen molar-refractivity contribution >= 4 is 11.9 Å². The van der Waals surface area contributed by atoms with E-state index in [2.05, 4.69) is 15.3 Å². The summed E-state index contributed by atoms with van der Waals surface area (Å²) in [6.07, 6.45) is 1.17. The molecule has 0 aliphatic carbocycles. The third-order valence-corrected chi connectivity index (χ3v) is 1.60. The number of hydrogen-bond acceptors (Lipinski definition) is 5. The summed E-state index contributed by atoms with van der Waals surface area (Å²) >= 11 is 0. The maximum absolute atomic E-state index is 7.15. The molecule has 1 rings (SSSR count). The maximum atomic E-state index is 7.15. The second kappa shape index (κ2) is 3.84. The van der Waals surface area contributed by atoms with E-state index >= 15 is 0 Å². The summed E-state index contributed by atoms with van der Waals surface area (Å²) in [5.41, 5.74) is 1.18. The van der Waals surface area contributed by atoms with Crippen LogP contribution in [0.1, 0.15) is 11.5 Å². The van der Waals surface area contributed by atoms with E-state index in [1.54, 1.807) is 14.0 Å². The van der Waals surface area contributed by atoms with E-state index in [1.165, 1.54) is 13.3 Å². The van der Waals surface area contributed by atoms with Gasteiger partial charge >= 0.3 is 0 Å². The molecule has 13 heavy (non-hydrogen) atoms. The highest BCUT2D eigenvalue weighted by Crippen LogP contribution is 2.22. The fourth-order valence-electron chi connectivity index (χ4n) is 1.05. The van der Waals surface area contributed by atoms with Crippen molar-refractivity contribution in [3.8, 4) is 5.88 Å². The van der Waals surface area contributed by atoms with E-state index in [-0.39, 0.29) is 0 Å². The van der Waals surface area contributed by atoms with Crippen molar-refractivity contribution in [3.05, 3.63) is 11.5 Å². The molecule has 0 amide bonds. The average Bonchev–Trinajstić information content (AvgIpc) is 2.16. The number of rotatable bonds is 3. The highest BCUT2D eigenvalue weighted by atomic mass is 16.5. The molecule has 0 aliphatic heterocycles. The summed E-state index contributed by atoms with van der Waals surface area (Å²) in [4.78, 5) is 8.15. The molecule has 1 aromatic heterocycles. The van der Waals surface area contributed by atoms with Crippen LogP contribution in [0.2, 0.25) is 0 Å². The molecule has 0 spiro atoms. The third kappa shape index (κ3) is 1.74. The number of methoxy groups -OCH3 is 1. The van der Waals surface area contributed by atoms with Gasteiger partial charge in [0.25, 0.3) is 0 Å². The Labute approximate surface area is 76.7 Å². The van der Waals surface area contributed by atoms with Crippen molar-refractivity contribution < 1.29 is 4.74 Å². The van der Waals surface area contributed by atoms with Crippen molar-refractivity contribution in [2.75, 3.05) is 19.5 Å². The smallest absolute Gasteiger partial charge is 0.241 e. The number of nitrogens with zero attached hydrogens (tertiary/aromatic N) is 2. The first kappa shape index (κ1) is 9.44. The standard InChI is InChI=1S/C8H12N4O/c1-5-11-6(4-9)7(10-2)8(12-5)13-3/h4,9-10H,1-3H3. The average molecular weight is 180 g/mol. The van der Waals surface area contributed by atoms with E-state index < -0.39 is 0 Å². The van der Waals surface area contributed by atoms with Gasteiger partial charge in [-0.1, -0.05) is 0 Å². The lowest BCUT2D eigenvalue weighted by Crippen LogP contribution is -2.05. The molecule has 0 bridgehead atoms. The zero-order chi connectivity index (χ0) is 9.84. The molecule has 0 saturated carbocycles. The van der Waals surface area contributed by atoms with Gasteiger partial charge in [0.15, 0.2) is 0 Å². The Bertz CT molecular complexity index is 324. The van der Waals surface area contributed by atoms with Crippen molar-refractivity contribution in [1.29, 1.82) is 5.41 Å².